The molecule has 0 unspecified atom stereocenters. The fourth-order valence-corrected chi connectivity index (χ4v) is 3.93. The summed E-state index contributed by atoms with van der Waals surface area (Å²) >= 11 is 0. The summed E-state index contributed by atoms with van der Waals surface area (Å²) in [5, 5.41) is 14.3. The van der Waals surface area contributed by atoms with Crippen molar-refractivity contribution in [3.8, 4) is 5.82 Å². The third-order valence-corrected chi connectivity index (χ3v) is 5.65. The number of anilines is 1. The third-order valence-electron chi connectivity index (χ3n) is 4.28. The standard InChI is InChI=1S/C20H16N4O4S/c1-13-12-19(23-29(27,28)16-9-6-15(7-10-16)20(25)26)24(22-13)18-11-8-14-4-2-3-5-17(14)21-18/h2-12,23H,1H3,(H,25,26). The number of aromatic nitrogens is 3. The molecular formula is C20H16N4O4S. The van der Waals surface area contributed by atoms with Gasteiger partial charge in [0.25, 0.3) is 10.0 Å². The summed E-state index contributed by atoms with van der Waals surface area (Å²) in [6.45, 7) is 1.75. The SMILES string of the molecule is Cc1cc(NS(=O)(=O)c2ccc(C(=O)O)cc2)n(-c2ccc3ccccc3n2)n1. The smallest absolute Gasteiger partial charge is 0.335 e. The molecule has 0 spiro atoms. The molecule has 0 aliphatic rings. The average molecular weight is 408 g/mol. The number of aromatic carboxylic acids is 1. The fourth-order valence-electron chi connectivity index (χ4n) is 2.89. The van der Waals surface area contributed by atoms with E-state index in [1.807, 2.05) is 30.3 Å². The average Bonchev–Trinajstić information content (AvgIpc) is 3.07. The van der Waals surface area contributed by atoms with Gasteiger partial charge >= 0.3 is 5.97 Å². The van der Waals surface area contributed by atoms with Crippen LogP contribution in [0.5, 0.6) is 0 Å². The number of benzene rings is 2. The summed E-state index contributed by atoms with van der Waals surface area (Å²) < 4.78 is 29.5. The number of pyridine rings is 1. The lowest BCUT2D eigenvalue weighted by atomic mass is 10.2. The lowest BCUT2D eigenvalue weighted by Crippen LogP contribution is -2.16. The van der Waals surface area contributed by atoms with Gasteiger partial charge in [-0.3, -0.25) is 4.72 Å². The maximum absolute atomic E-state index is 12.8. The van der Waals surface area contributed by atoms with E-state index in [2.05, 4.69) is 14.8 Å². The zero-order valence-corrected chi connectivity index (χ0v) is 16.1. The summed E-state index contributed by atoms with van der Waals surface area (Å²) in [6.07, 6.45) is 0. The number of carboxylic acid groups (broad SMARTS) is 1. The van der Waals surface area contributed by atoms with E-state index in [1.165, 1.54) is 28.9 Å². The molecule has 0 atom stereocenters. The summed E-state index contributed by atoms with van der Waals surface area (Å²) in [4.78, 5) is 15.5. The van der Waals surface area contributed by atoms with Crippen LogP contribution in [-0.4, -0.2) is 34.3 Å². The normalized spacial score (nSPS) is 11.5. The van der Waals surface area contributed by atoms with Crippen molar-refractivity contribution in [2.45, 2.75) is 11.8 Å². The molecule has 4 aromatic rings. The molecule has 0 fully saturated rings. The highest BCUT2D eigenvalue weighted by Gasteiger charge is 2.19. The molecule has 9 heteroatoms. The molecule has 0 amide bonds. The van der Waals surface area contributed by atoms with Crippen molar-refractivity contribution in [2.24, 2.45) is 0 Å². The van der Waals surface area contributed by atoms with Gasteiger partial charge in [-0.15, -0.1) is 0 Å². The highest BCUT2D eigenvalue weighted by Crippen LogP contribution is 2.22. The Hall–Kier alpha value is -3.72. The molecule has 4 rings (SSSR count). The van der Waals surface area contributed by atoms with Crippen molar-refractivity contribution in [2.75, 3.05) is 4.72 Å². The van der Waals surface area contributed by atoms with Crippen LogP contribution >= 0.6 is 0 Å². The fraction of sp³-hybridized carbons (Fsp3) is 0.0500. The van der Waals surface area contributed by atoms with Gasteiger partial charge in [-0.05, 0) is 49.4 Å². The molecule has 0 saturated heterocycles. The second-order valence-electron chi connectivity index (χ2n) is 6.38. The Bertz CT molecular complexity index is 1330. The molecule has 0 saturated carbocycles. The van der Waals surface area contributed by atoms with Crippen LogP contribution in [0.3, 0.4) is 0 Å². The second-order valence-corrected chi connectivity index (χ2v) is 8.06. The van der Waals surface area contributed by atoms with Gasteiger partial charge in [0.05, 0.1) is 21.7 Å². The van der Waals surface area contributed by atoms with Crippen molar-refractivity contribution in [3.63, 3.8) is 0 Å². The zero-order valence-electron chi connectivity index (χ0n) is 15.3. The predicted octanol–water partition coefficient (Wildman–Crippen LogP) is 3.23. The van der Waals surface area contributed by atoms with E-state index < -0.39 is 16.0 Å². The van der Waals surface area contributed by atoms with E-state index in [9.17, 15) is 13.2 Å². The molecule has 8 nitrogen and oxygen atoms in total. The number of fused-ring (bicyclic) bond motifs is 1. The van der Waals surface area contributed by atoms with E-state index in [-0.39, 0.29) is 16.3 Å². The lowest BCUT2D eigenvalue weighted by molar-refractivity contribution is 0.0696. The van der Waals surface area contributed by atoms with E-state index >= 15 is 0 Å². The molecule has 2 aromatic carbocycles. The zero-order chi connectivity index (χ0) is 20.6. The topological polar surface area (TPSA) is 114 Å². The van der Waals surface area contributed by atoms with Gasteiger partial charge in [0.15, 0.2) is 5.82 Å². The Morgan fingerprint density at radius 2 is 1.76 bits per heavy atom. The Morgan fingerprint density at radius 3 is 2.48 bits per heavy atom. The first-order chi connectivity index (χ1) is 13.8. The van der Waals surface area contributed by atoms with E-state index in [4.69, 9.17) is 5.11 Å². The van der Waals surface area contributed by atoms with Crippen molar-refractivity contribution in [3.05, 3.63) is 78.0 Å². The summed E-state index contributed by atoms with van der Waals surface area (Å²) in [6, 6.07) is 17.8. The van der Waals surface area contributed by atoms with Crippen LogP contribution in [0.2, 0.25) is 0 Å². The second kappa shape index (κ2) is 7.02. The van der Waals surface area contributed by atoms with Crippen LogP contribution < -0.4 is 4.72 Å². The van der Waals surface area contributed by atoms with Gasteiger partial charge in [-0.1, -0.05) is 18.2 Å². The third kappa shape index (κ3) is 3.67. The first kappa shape index (κ1) is 18.6. The van der Waals surface area contributed by atoms with Gasteiger partial charge < -0.3 is 5.11 Å². The Balaban J connectivity index is 1.71. The van der Waals surface area contributed by atoms with Crippen LogP contribution in [0.15, 0.2) is 71.6 Å². The Labute approximate surface area is 166 Å². The Kier molecular flexibility index (Phi) is 4.51. The first-order valence-electron chi connectivity index (χ1n) is 8.62. The minimum absolute atomic E-state index is 0.00481. The van der Waals surface area contributed by atoms with Gasteiger partial charge in [-0.25, -0.2) is 18.2 Å². The Morgan fingerprint density at radius 1 is 1.03 bits per heavy atom. The number of carboxylic acids is 1. The van der Waals surface area contributed by atoms with Crippen molar-refractivity contribution in [1.29, 1.82) is 0 Å². The lowest BCUT2D eigenvalue weighted by Gasteiger charge is -2.11. The first-order valence-corrected chi connectivity index (χ1v) is 10.1. The van der Waals surface area contributed by atoms with Crippen LogP contribution in [0.1, 0.15) is 16.1 Å². The number of nitrogens with one attached hydrogen (secondary N) is 1. The van der Waals surface area contributed by atoms with Crippen LogP contribution in [-0.2, 0) is 10.0 Å². The highest BCUT2D eigenvalue weighted by molar-refractivity contribution is 7.92. The van der Waals surface area contributed by atoms with Crippen molar-refractivity contribution < 1.29 is 18.3 Å². The van der Waals surface area contributed by atoms with E-state index in [1.54, 1.807) is 19.1 Å². The predicted molar refractivity (Wildman–Crippen MR) is 108 cm³/mol. The monoisotopic (exact) mass is 408 g/mol. The molecule has 2 N–H and O–H groups in total. The number of carbonyl (C=O) groups is 1. The summed E-state index contributed by atoms with van der Waals surface area (Å²) in [5.41, 5.74) is 1.38. The quantitative estimate of drug-likeness (QED) is 0.524. The largest absolute Gasteiger partial charge is 0.478 e. The number of sulfonamides is 1. The van der Waals surface area contributed by atoms with E-state index in [0.29, 0.717) is 11.5 Å². The molecular weight excluding hydrogens is 392 g/mol. The molecule has 29 heavy (non-hydrogen) atoms. The van der Waals surface area contributed by atoms with Gasteiger partial charge in [0.2, 0.25) is 0 Å². The van der Waals surface area contributed by atoms with Crippen molar-refractivity contribution >= 4 is 32.7 Å². The minimum atomic E-state index is -3.95. The van der Waals surface area contributed by atoms with Gasteiger partial charge in [-0.2, -0.15) is 9.78 Å². The summed E-state index contributed by atoms with van der Waals surface area (Å²) in [5.74, 6) is -0.429. The maximum Gasteiger partial charge on any atom is 0.335 e. The summed E-state index contributed by atoms with van der Waals surface area (Å²) in [7, 11) is -3.95. The van der Waals surface area contributed by atoms with Gasteiger partial charge in [0.1, 0.15) is 5.82 Å². The molecule has 0 aliphatic carbocycles. The van der Waals surface area contributed by atoms with E-state index in [0.717, 1.165) is 10.9 Å². The molecule has 2 heterocycles. The molecule has 2 aromatic heterocycles. The maximum atomic E-state index is 12.8. The molecule has 0 radical (unpaired) electrons. The minimum Gasteiger partial charge on any atom is -0.478 e. The molecule has 146 valence electrons. The van der Waals surface area contributed by atoms with Crippen LogP contribution in [0.4, 0.5) is 5.82 Å². The highest BCUT2D eigenvalue weighted by atomic mass is 32.2. The van der Waals surface area contributed by atoms with Gasteiger partial charge in [0, 0.05) is 11.5 Å². The van der Waals surface area contributed by atoms with Crippen LogP contribution in [0, 0.1) is 6.92 Å². The number of hydrogen-bond donors (Lipinski definition) is 2. The van der Waals surface area contributed by atoms with Crippen LogP contribution in [0.25, 0.3) is 16.7 Å². The number of nitrogens with zero attached hydrogens (tertiary/aromatic N) is 3. The molecule has 0 bridgehead atoms. The number of para-hydroxylation sites is 1. The number of aryl methyl sites for hydroxylation is 1. The number of rotatable bonds is 5. The van der Waals surface area contributed by atoms with Crippen molar-refractivity contribution in [1.82, 2.24) is 14.8 Å². The molecule has 0 aliphatic heterocycles. The number of hydrogen-bond acceptors (Lipinski definition) is 5.